The van der Waals surface area contributed by atoms with Gasteiger partial charge in [0.1, 0.15) is 17.6 Å². The number of amides is 2. The van der Waals surface area contributed by atoms with Gasteiger partial charge >= 0.3 is 5.97 Å². The fourth-order valence-corrected chi connectivity index (χ4v) is 5.20. The first-order valence-corrected chi connectivity index (χ1v) is 12.4. The Labute approximate surface area is 221 Å². The molecule has 0 saturated carbocycles. The van der Waals surface area contributed by atoms with Crippen LogP contribution in [0, 0.1) is 5.92 Å². The van der Waals surface area contributed by atoms with Gasteiger partial charge in [-0.05, 0) is 53.1 Å². The van der Waals surface area contributed by atoms with Crippen molar-refractivity contribution in [3.8, 4) is 5.75 Å². The van der Waals surface area contributed by atoms with Gasteiger partial charge in [-0.15, -0.1) is 5.10 Å². The second-order valence-corrected chi connectivity index (χ2v) is 11.0. The Hall–Kier alpha value is -4.21. The Kier molecular flexibility index (Phi) is 7.01. The van der Waals surface area contributed by atoms with Crippen LogP contribution in [-0.4, -0.2) is 50.7 Å². The SMILES string of the molecule is COc1cc(C(=O)N2c3cccc(C(=O)Nc4nc[nH]n4)c3CC2(CC(C)C)C(=O)O)ccc1C(C)(C)C. The number of carbonyl (C=O) groups is 3. The highest BCUT2D eigenvalue weighted by Crippen LogP contribution is 2.45. The van der Waals surface area contributed by atoms with Crippen LogP contribution in [0.1, 0.15) is 72.9 Å². The molecule has 200 valence electrons. The molecule has 4 rings (SSSR count). The summed E-state index contributed by atoms with van der Waals surface area (Å²) in [7, 11) is 1.55. The van der Waals surface area contributed by atoms with Crippen molar-refractivity contribution in [3.63, 3.8) is 0 Å². The van der Waals surface area contributed by atoms with Crippen LogP contribution in [0.2, 0.25) is 0 Å². The van der Waals surface area contributed by atoms with E-state index in [9.17, 15) is 19.5 Å². The Morgan fingerprint density at radius 3 is 2.53 bits per heavy atom. The zero-order chi connectivity index (χ0) is 27.8. The molecule has 2 heterocycles. The summed E-state index contributed by atoms with van der Waals surface area (Å²) < 4.78 is 5.60. The fourth-order valence-electron chi connectivity index (χ4n) is 5.20. The van der Waals surface area contributed by atoms with Crippen LogP contribution in [0.15, 0.2) is 42.7 Å². The molecule has 0 bridgehead atoms. The van der Waals surface area contributed by atoms with Crippen molar-refractivity contribution in [2.45, 2.75) is 58.4 Å². The van der Waals surface area contributed by atoms with Crippen molar-refractivity contribution in [2.24, 2.45) is 5.92 Å². The minimum Gasteiger partial charge on any atom is -0.496 e. The smallest absolute Gasteiger partial charge is 0.330 e. The zero-order valence-corrected chi connectivity index (χ0v) is 22.5. The molecule has 1 aliphatic rings. The van der Waals surface area contributed by atoms with Crippen molar-refractivity contribution in [1.82, 2.24) is 15.2 Å². The number of benzene rings is 2. The van der Waals surface area contributed by atoms with Crippen molar-refractivity contribution in [1.29, 1.82) is 0 Å². The number of carboxylic acids is 1. The van der Waals surface area contributed by atoms with E-state index in [0.717, 1.165) is 5.56 Å². The molecule has 3 N–H and O–H groups in total. The average molecular weight is 520 g/mol. The number of nitrogens with zero attached hydrogens (tertiary/aromatic N) is 3. The van der Waals surface area contributed by atoms with Gasteiger partial charge in [-0.25, -0.2) is 9.78 Å². The van der Waals surface area contributed by atoms with E-state index in [-0.39, 0.29) is 35.7 Å². The Morgan fingerprint density at radius 1 is 1.21 bits per heavy atom. The molecule has 2 amide bonds. The van der Waals surface area contributed by atoms with Crippen LogP contribution in [0.4, 0.5) is 11.6 Å². The number of carboxylic acid groups (broad SMARTS) is 1. The molecule has 0 fully saturated rings. The summed E-state index contributed by atoms with van der Waals surface area (Å²) in [5, 5.41) is 19.6. The number of aromatic nitrogens is 3. The molecule has 10 heteroatoms. The molecule has 0 spiro atoms. The standard InChI is InChI=1S/C28H33N5O5/c1-16(2)13-28(25(36)37)14-19-18(23(34)31-26-29-15-30-32-26)8-7-9-21(19)33(28)24(35)17-10-11-20(27(3,4)5)22(12-17)38-6/h7-12,15-16H,13-14H2,1-6H3,(H,36,37)(H2,29,30,31,32,34). The number of fused-ring (bicyclic) bond motifs is 1. The van der Waals surface area contributed by atoms with Gasteiger partial charge in [0.2, 0.25) is 5.95 Å². The quantitative estimate of drug-likeness (QED) is 0.420. The molecule has 3 aromatic rings. The number of aromatic amines is 1. The van der Waals surface area contributed by atoms with Gasteiger partial charge < -0.3 is 9.84 Å². The topological polar surface area (TPSA) is 138 Å². The third kappa shape index (κ3) is 4.73. The molecule has 1 unspecified atom stereocenters. The van der Waals surface area contributed by atoms with E-state index in [0.29, 0.717) is 22.6 Å². The van der Waals surface area contributed by atoms with E-state index in [1.165, 1.54) is 11.2 Å². The number of H-pyrrole nitrogens is 1. The lowest BCUT2D eigenvalue weighted by Crippen LogP contribution is -2.56. The number of ether oxygens (including phenoxy) is 1. The second-order valence-electron chi connectivity index (χ2n) is 11.0. The minimum atomic E-state index is -1.58. The monoisotopic (exact) mass is 519 g/mol. The van der Waals surface area contributed by atoms with Gasteiger partial charge in [-0.1, -0.05) is 46.8 Å². The van der Waals surface area contributed by atoms with Crippen molar-refractivity contribution in [3.05, 3.63) is 65.0 Å². The highest BCUT2D eigenvalue weighted by atomic mass is 16.5. The van der Waals surface area contributed by atoms with Gasteiger partial charge in [0.15, 0.2) is 0 Å². The van der Waals surface area contributed by atoms with E-state index >= 15 is 0 Å². The molecule has 38 heavy (non-hydrogen) atoms. The molecule has 1 atom stereocenters. The largest absolute Gasteiger partial charge is 0.496 e. The van der Waals surface area contributed by atoms with Crippen LogP contribution in [0.3, 0.4) is 0 Å². The molecule has 10 nitrogen and oxygen atoms in total. The predicted molar refractivity (Wildman–Crippen MR) is 143 cm³/mol. The number of anilines is 2. The number of aliphatic carboxylic acids is 1. The van der Waals surface area contributed by atoms with Gasteiger partial charge in [0, 0.05) is 23.2 Å². The van der Waals surface area contributed by atoms with Gasteiger partial charge in [0.05, 0.1) is 7.11 Å². The lowest BCUT2D eigenvalue weighted by atomic mass is 9.83. The molecular formula is C28H33N5O5. The van der Waals surface area contributed by atoms with Crippen molar-refractivity contribution >= 4 is 29.4 Å². The number of hydrogen-bond donors (Lipinski definition) is 3. The lowest BCUT2D eigenvalue weighted by molar-refractivity contribution is -0.143. The van der Waals surface area contributed by atoms with Crippen LogP contribution >= 0.6 is 0 Å². The first-order chi connectivity index (χ1) is 17.9. The van der Waals surface area contributed by atoms with E-state index in [1.807, 2.05) is 40.7 Å². The van der Waals surface area contributed by atoms with Crippen LogP contribution in [0.25, 0.3) is 0 Å². The number of carbonyl (C=O) groups excluding carboxylic acids is 2. The zero-order valence-electron chi connectivity index (χ0n) is 22.5. The number of hydrogen-bond acceptors (Lipinski definition) is 6. The molecule has 0 saturated heterocycles. The van der Waals surface area contributed by atoms with Crippen molar-refractivity contribution in [2.75, 3.05) is 17.3 Å². The summed E-state index contributed by atoms with van der Waals surface area (Å²) in [6, 6.07) is 10.1. The average Bonchev–Trinajstić information content (AvgIpc) is 3.47. The van der Waals surface area contributed by atoms with Gasteiger partial charge in [-0.2, -0.15) is 0 Å². The van der Waals surface area contributed by atoms with Crippen LogP contribution in [-0.2, 0) is 16.6 Å². The van der Waals surface area contributed by atoms with E-state index in [4.69, 9.17) is 4.74 Å². The first kappa shape index (κ1) is 26.8. The van der Waals surface area contributed by atoms with Crippen LogP contribution < -0.4 is 15.0 Å². The molecule has 2 aromatic carbocycles. The third-order valence-electron chi connectivity index (χ3n) is 6.78. The molecule has 0 aliphatic carbocycles. The van der Waals surface area contributed by atoms with E-state index < -0.39 is 23.3 Å². The Balaban J connectivity index is 1.86. The summed E-state index contributed by atoms with van der Waals surface area (Å²) in [4.78, 5) is 45.6. The molecule has 1 aromatic heterocycles. The first-order valence-electron chi connectivity index (χ1n) is 12.4. The highest BCUT2D eigenvalue weighted by molar-refractivity contribution is 6.15. The van der Waals surface area contributed by atoms with Crippen LogP contribution in [0.5, 0.6) is 5.75 Å². The lowest BCUT2D eigenvalue weighted by Gasteiger charge is -2.36. The summed E-state index contributed by atoms with van der Waals surface area (Å²) in [5.41, 5.74) is 0.557. The van der Waals surface area contributed by atoms with E-state index in [1.54, 1.807) is 37.4 Å². The second kappa shape index (κ2) is 9.92. The number of nitrogens with one attached hydrogen (secondary N) is 2. The molecular weight excluding hydrogens is 486 g/mol. The van der Waals surface area contributed by atoms with E-state index in [2.05, 4.69) is 20.5 Å². The van der Waals surface area contributed by atoms with Gasteiger partial charge in [-0.3, -0.25) is 24.9 Å². The minimum absolute atomic E-state index is 0.0175. The number of methoxy groups -OCH3 is 1. The maximum Gasteiger partial charge on any atom is 0.330 e. The van der Waals surface area contributed by atoms with Gasteiger partial charge in [0.25, 0.3) is 11.8 Å². The fraction of sp³-hybridized carbons (Fsp3) is 0.393. The summed E-state index contributed by atoms with van der Waals surface area (Å²) in [6.45, 7) is 9.97. The van der Waals surface area contributed by atoms with Crippen molar-refractivity contribution < 1.29 is 24.2 Å². The predicted octanol–water partition coefficient (Wildman–Crippen LogP) is 4.44. The Bertz CT molecular complexity index is 1380. The highest BCUT2D eigenvalue weighted by Gasteiger charge is 2.54. The normalized spacial score (nSPS) is 16.9. The third-order valence-corrected chi connectivity index (χ3v) is 6.78. The Morgan fingerprint density at radius 2 is 1.95 bits per heavy atom. The summed E-state index contributed by atoms with van der Waals surface area (Å²) >= 11 is 0. The summed E-state index contributed by atoms with van der Waals surface area (Å²) in [6.07, 6.45) is 1.51. The summed E-state index contributed by atoms with van der Waals surface area (Å²) in [5.74, 6) is -1.50. The molecule has 1 aliphatic heterocycles. The molecule has 0 radical (unpaired) electrons. The maximum absolute atomic E-state index is 14.2. The number of rotatable bonds is 7. The maximum atomic E-state index is 14.2.